The normalized spacial score (nSPS) is 27.8. The lowest BCUT2D eigenvalue weighted by atomic mass is 9.90. The molecule has 2 unspecified atom stereocenters. The first kappa shape index (κ1) is 12.8. The maximum atomic E-state index is 14.1. The van der Waals surface area contributed by atoms with Crippen molar-refractivity contribution in [1.82, 2.24) is 15.3 Å². The standard InChI is InChI=1S/C14H21FN4/c1-10-13(15)14(18-9-17-10)19-7-3-4-11(8-19)12-5-2-6-16-12/h9,11-12,16H,2-8H2,1H3. The summed E-state index contributed by atoms with van der Waals surface area (Å²) in [6.45, 7) is 4.63. The van der Waals surface area contributed by atoms with E-state index in [0.717, 1.165) is 26.1 Å². The SMILES string of the molecule is Cc1ncnc(N2CCCC(C3CCCN3)C2)c1F. The molecule has 104 valence electrons. The van der Waals surface area contributed by atoms with Gasteiger partial charge in [-0.25, -0.2) is 14.4 Å². The summed E-state index contributed by atoms with van der Waals surface area (Å²) in [4.78, 5) is 10.1. The zero-order chi connectivity index (χ0) is 13.2. The summed E-state index contributed by atoms with van der Waals surface area (Å²) in [7, 11) is 0. The molecule has 3 heterocycles. The minimum absolute atomic E-state index is 0.262. The molecule has 3 rings (SSSR count). The molecule has 0 radical (unpaired) electrons. The third-order valence-corrected chi connectivity index (χ3v) is 4.37. The molecular formula is C14H21FN4. The van der Waals surface area contributed by atoms with Crippen LogP contribution in [0, 0.1) is 18.7 Å². The zero-order valence-electron chi connectivity index (χ0n) is 11.4. The predicted molar refractivity (Wildman–Crippen MR) is 72.7 cm³/mol. The van der Waals surface area contributed by atoms with Gasteiger partial charge in [0.2, 0.25) is 0 Å². The average Bonchev–Trinajstić information content (AvgIpc) is 2.96. The van der Waals surface area contributed by atoms with Gasteiger partial charge in [0, 0.05) is 19.1 Å². The summed E-state index contributed by atoms with van der Waals surface area (Å²) in [6, 6.07) is 0.605. The van der Waals surface area contributed by atoms with Gasteiger partial charge in [-0.1, -0.05) is 0 Å². The molecule has 2 aliphatic heterocycles. The molecule has 0 saturated carbocycles. The Morgan fingerprint density at radius 3 is 3.00 bits per heavy atom. The lowest BCUT2D eigenvalue weighted by Crippen LogP contribution is -2.44. The van der Waals surface area contributed by atoms with Crippen molar-refractivity contribution in [2.75, 3.05) is 24.5 Å². The molecule has 0 aliphatic carbocycles. The van der Waals surface area contributed by atoms with Gasteiger partial charge in [-0.3, -0.25) is 0 Å². The van der Waals surface area contributed by atoms with E-state index >= 15 is 0 Å². The summed E-state index contributed by atoms with van der Waals surface area (Å²) >= 11 is 0. The van der Waals surface area contributed by atoms with Gasteiger partial charge < -0.3 is 10.2 Å². The molecule has 2 saturated heterocycles. The monoisotopic (exact) mass is 264 g/mol. The number of rotatable bonds is 2. The van der Waals surface area contributed by atoms with Crippen LogP contribution in [0.3, 0.4) is 0 Å². The fourth-order valence-electron chi connectivity index (χ4n) is 3.31. The number of hydrogen-bond acceptors (Lipinski definition) is 4. The number of halogens is 1. The molecule has 0 aromatic carbocycles. The lowest BCUT2D eigenvalue weighted by Gasteiger charge is -2.36. The number of nitrogens with zero attached hydrogens (tertiary/aromatic N) is 3. The Kier molecular flexibility index (Phi) is 3.64. The highest BCUT2D eigenvalue weighted by Crippen LogP contribution is 2.28. The Labute approximate surface area is 113 Å². The predicted octanol–water partition coefficient (Wildman–Crippen LogP) is 1.89. The van der Waals surface area contributed by atoms with E-state index in [0.29, 0.717) is 23.5 Å². The van der Waals surface area contributed by atoms with Crippen LogP contribution in [-0.4, -0.2) is 35.6 Å². The van der Waals surface area contributed by atoms with Crippen LogP contribution in [0.2, 0.25) is 0 Å². The molecule has 0 amide bonds. The Balaban J connectivity index is 1.75. The van der Waals surface area contributed by atoms with Crippen LogP contribution in [0.25, 0.3) is 0 Å². The number of anilines is 1. The van der Waals surface area contributed by atoms with Crippen molar-refractivity contribution in [1.29, 1.82) is 0 Å². The second-order valence-electron chi connectivity index (χ2n) is 5.65. The second-order valence-corrected chi connectivity index (χ2v) is 5.65. The van der Waals surface area contributed by atoms with E-state index < -0.39 is 0 Å². The van der Waals surface area contributed by atoms with E-state index in [2.05, 4.69) is 20.2 Å². The van der Waals surface area contributed by atoms with Crippen molar-refractivity contribution >= 4 is 5.82 Å². The molecule has 1 aromatic rings. The third-order valence-electron chi connectivity index (χ3n) is 4.37. The van der Waals surface area contributed by atoms with Crippen LogP contribution in [-0.2, 0) is 0 Å². The summed E-state index contributed by atoms with van der Waals surface area (Å²) in [5, 5.41) is 3.57. The number of hydrogen-bond donors (Lipinski definition) is 1. The second kappa shape index (κ2) is 5.41. The van der Waals surface area contributed by atoms with E-state index in [9.17, 15) is 4.39 Å². The maximum absolute atomic E-state index is 14.1. The van der Waals surface area contributed by atoms with Crippen LogP contribution in [0.5, 0.6) is 0 Å². The maximum Gasteiger partial charge on any atom is 0.186 e. The first-order valence-corrected chi connectivity index (χ1v) is 7.21. The van der Waals surface area contributed by atoms with Gasteiger partial charge in [0.1, 0.15) is 6.33 Å². The highest BCUT2D eigenvalue weighted by Gasteiger charge is 2.30. The molecule has 2 aliphatic rings. The van der Waals surface area contributed by atoms with Gasteiger partial charge in [0.15, 0.2) is 11.6 Å². The number of nitrogens with one attached hydrogen (secondary N) is 1. The van der Waals surface area contributed by atoms with Crippen molar-refractivity contribution in [3.63, 3.8) is 0 Å². The van der Waals surface area contributed by atoms with Gasteiger partial charge in [-0.2, -0.15) is 0 Å². The van der Waals surface area contributed by atoms with Crippen molar-refractivity contribution in [3.05, 3.63) is 17.8 Å². The summed E-state index contributed by atoms with van der Waals surface area (Å²) in [6.07, 6.45) is 6.34. The molecule has 2 fully saturated rings. The Bertz CT molecular complexity index is 445. The van der Waals surface area contributed by atoms with Crippen molar-refractivity contribution in [2.45, 2.75) is 38.6 Å². The average molecular weight is 264 g/mol. The first-order valence-electron chi connectivity index (χ1n) is 7.21. The van der Waals surface area contributed by atoms with Gasteiger partial charge in [-0.05, 0) is 45.1 Å². The quantitative estimate of drug-likeness (QED) is 0.885. The Hall–Kier alpha value is -1.23. The molecular weight excluding hydrogens is 243 g/mol. The van der Waals surface area contributed by atoms with Gasteiger partial charge in [0.05, 0.1) is 5.69 Å². The minimum Gasteiger partial charge on any atom is -0.354 e. The number of piperidine rings is 1. The third kappa shape index (κ3) is 2.56. The van der Waals surface area contributed by atoms with Crippen LogP contribution >= 0.6 is 0 Å². The van der Waals surface area contributed by atoms with Crippen LogP contribution in [0.4, 0.5) is 10.2 Å². The smallest absolute Gasteiger partial charge is 0.186 e. The summed E-state index contributed by atoms with van der Waals surface area (Å²) < 4.78 is 14.1. The summed E-state index contributed by atoms with van der Waals surface area (Å²) in [5.41, 5.74) is 0.436. The van der Waals surface area contributed by atoms with Crippen LogP contribution in [0.1, 0.15) is 31.4 Å². The molecule has 19 heavy (non-hydrogen) atoms. The van der Waals surface area contributed by atoms with Gasteiger partial charge >= 0.3 is 0 Å². The van der Waals surface area contributed by atoms with E-state index in [1.165, 1.54) is 25.6 Å². The lowest BCUT2D eigenvalue weighted by molar-refractivity contribution is 0.326. The van der Waals surface area contributed by atoms with Crippen molar-refractivity contribution < 1.29 is 4.39 Å². The minimum atomic E-state index is -0.262. The highest BCUT2D eigenvalue weighted by molar-refractivity contribution is 5.41. The van der Waals surface area contributed by atoms with Gasteiger partial charge in [-0.15, -0.1) is 0 Å². The summed E-state index contributed by atoms with van der Waals surface area (Å²) in [5.74, 6) is 0.837. The molecule has 1 aromatic heterocycles. The van der Waals surface area contributed by atoms with E-state index in [-0.39, 0.29) is 5.82 Å². The molecule has 5 heteroatoms. The van der Waals surface area contributed by atoms with Gasteiger partial charge in [0.25, 0.3) is 0 Å². The molecule has 0 bridgehead atoms. The number of aromatic nitrogens is 2. The van der Waals surface area contributed by atoms with E-state index in [1.54, 1.807) is 6.92 Å². The molecule has 2 atom stereocenters. The van der Waals surface area contributed by atoms with Crippen LogP contribution < -0.4 is 10.2 Å². The Morgan fingerprint density at radius 1 is 1.32 bits per heavy atom. The zero-order valence-corrected chi connectivity index (χ0v) is 11.4. The number of aryl methyl sites for hydroxylation is 1. The fraction of sp³-hybridized carbons (Fsp3) is 0.714. The van der Waals surface area contributed by atoms with E-state index in [4.69, 9.17) is 0 Å². The van der Waals surface area contributed by atoms with Crippen molar-refractivity contribution in [2.24, 2.45) is 5.92 Å². The largest absolute Gasteiger partial charge is 0.354 e. The molecule has 1 N–H and O–H groups in total. The van der Waals surface area contributed by atoms with E-state index in [1.807, 2.05) is 0 Å². The molecule has 4 nitrogen and oxygen atoms in total. The molecule has 0 spiro atoms. The first-order chi connectivity index (χ1) is 9.25. The Morgan fingerprint density at radius 2 is 2.21 bits per heavy atom. The van der Waals surface area contributed by atoms with Crippen LogP contribution in [0.15, 0.2) is 6.33 Å². The van der Waals surface area contributed by atoms with Crippen molar-refractivity contribution in [3.8, 4) is 0 Å². The topological polar surface area (TPSA) is 41.1 Å². The highest BCUT2D eigenvalue weighted by atomic mass is 19.1. The fourth-order valence-corrected chi connectivity index (χ4v) is 3.31.